The molecule has 0 saturated heterocycles. The molecular formula is C32H31ClN2O4S3. The summed E-state index contributed by atoms with van der Waals surface area (Å²) in [7, 11) is -1.14. The maximum absolute atomic E-state index is 13.0. The average molecular weight is 639 g/mol. The van der Waals surface area contributed by atoms with E-state index in [1.54, 1.807) is 23.5 Å². The number of nitriles is 1. The molecule has 0 fully saturated rings. The molecule has 6 nitrogen and oxygen atoms in total. The van der Waals surface area contributed by atoms with Crippen molar-refractivity contribution in [3.8, 4) is 27.8 Å². The Kier molecular flexibility index (Phi) is 12.6. The summed E-state index contributed by atoms with van der Waals surface area (Å²) < 4.78 is 24.2. The molecule has 0 amide bonds. The highest BCUT2D eigenvalue weighted by Crippen LogP contribution is 2.35. The Balaban J connectivity index is 1.47. The second kappa shape index (κ2) is 16.6. The number of hydrogen-bond donors (Lipinski definition) is 0. The largest absolute Gasteiger partial charge is 0.458 e. The van der Waals surface area contributed by atoms with E-state index in [0.29, 0.717) is 28.0 Å². The van der Waals surface area contributed by atoms with Crippen molar-refractivity contribution in [2.45, 2.75) is 37.5 Å². The summed E-state index contributed by atoms with van der Waals surface area (Å²) in [5, 5.41) is 13.2. The highest BCUT2D eigenvalue weighted by atomic mass is 35.5. The molecule has 2 unspecified atom stereocenters. The van der Waals surface area contributed by atoms with Crippen LogP contribution in [0.25, 0.3) is 21.7 Å². The number of esters is 1. The molecular weight excluding hydrogens is 608 g/mol. The number of ether oxygens (including phenoxy) is 2. The van der Waals surface area contributed by atoms with Gasteiger partial charge < -0.3 is 9.47 Å². The predicted molar refractivity (Wildman–Crippen MR) is 172 cm³/mol. The van der Waals surface area contributed by atoms with Gasteiger partial charge in [-0.25, -0.2) is 4.98 Å². The van der Waals surface area contributed by atoms with Gasteiger partial charge in [-0.05, 0) is 47.2 Å². The normalized spacial score (nSPS) is 12.4. The van der Waals surface area contributed by atoms with E-state index in [0.717, 1.165) is 51.9 Å². The zero-order valence-electron chi connectivity index (χ0n) is 23.2. The fraction of sp³-hybridized carbons (Fsp3) is 0.281. The number of pyridine rings is 1. The van der Waals surface area contributed by atoms with E-state index in [4.69, 9.17) is 26.1 Å². The van der Waals surface area contributed by atoms with Crippen molar-refractivity contribution < 1.29 is 18.5 Å². The van der Waals surface area contributed by atoms with Crippen LogP contribution in [0.3, 0.4) is 0 Å². The van der Waals surface area contributed by atoms with Gasteiger partial charge in [0.2, 0.25) is 0 Å². The summed E-state index contributed by atoms with van der Waals surface area (Å²) in [4.78, 5) is 18.8. The third-order valence-electron chi connectivity index (χ3n) is 6.16. The number of unbranched alkanes of at least 4 members (excludes halogenated alkanes) is 1. The van der Waals surface area contributed by atoms with Crippen molar-refractivity contribution in [2.75, 3.05) is 23.9 Å². The first-order valence-electron chi connectivity index (χ1n) is 13.5. The molecule has 10 heteroatoms. The molecule has 0 spiro atoms. The quantitative estimate of drug-likeness (QED) is 0.0970. The summed E-state index contributed by atoms with van der Waals surface area (Å²) >= 11 is 8.68. The lowest BCUT2D eigenvalue weighted by Gasteiger charge is -2.18. The number of hydrogen-bond acceptors (Lipinski definition) is 8. The molecule has 2 aromatic carbocycles. The number of carbonyl (C=O) groups is 1. The molecule has 2 heterocycles. The van der Waals surface area contributed by atoms with Crippen molar-refractivity contribution >= 4 is 51.5 Å². The van der Waals surface area contributed by atoms with Crippen LogP contribution < -0.4 is 0 Å². The zero-order chi connectivity index (χ0) is 29.7. The van der Waals surface area contributed by atoms with Gasteiger partial charge >= 0.3 is 5.97 Å². The maximum atomic E-state index is 13.0. The zero-order valence-corrected chi connectivity index (χ0v) is 26.4. The average Bonchev–Trinajstić information content (AvgIpc) is 3.55. The van der Waals surface area contributed by atoms with Crippen molar-refractivity contribution in [1.29, 1.82) is 5.26 Å². The van der Waals surface area contributed by atoms with Crippen LogP contribution in [-0.2, 0) is 31.7 Å². The smallest absolute Gasteiger partial charge is 0.316 e. The Labute approximate surface area is 262 Å². The van der Waals surface area contributed by atoms with Crippen LogP contribution in [-0.4, -0.2) is 45.1 Å². The number of rotatable bonds is 15. The summed E-state index contributed by atoms with van der Waals surface area (Å²) in [5.74, 6) is 0.203. The lowest BCUT2D eigenvalue weighted by atomic mass is 10.0. The topological polar surface area (TPSA) is 89.3 Å². The molecule has 218 valence electrons. The lowest BCUT2D eigenvalue weighted by Crippen LogP contribution is -2.30. The Bertz CT molecular complexity index is 1510. The van der Waals surface area contributed by atoms with Gasteiger partial charge in [-0.1, -0.05) is 85.2 Å². The summed E-state index contributed by atoms with van der Waals surface area (Å²) in [6.07, 6.45) is 1.11. The van der Waals surface area contributed by atoms with Crippen LogP contribution in [0.15, 0.2) is 83.2 Å². The van der Waals surface area contributed by atoms with Gasteiger partial charge in [0, 0.05) is 27.1 Å². The van der Waals surface area contributed by atoms with Gasteiger partial charge in [-0.2, -0.15) is 5.26 Å². The molecule has 0 radical (unpaired) electrons. The van der Waals surface area contributed by atoms with E-state index < -0.39 is 22.9 Å². The first-order valence-corrected chi connectivity index (χ1v) is 17.2. The number of thioether (sulfide) groups is 1. The minimum absolute atomic E-state index is 0.0565. The number of carbonyl (C=O) groups excluding carboxylic acids is 1. The van der Waals surface area contributed by atoms with E-state index in [1.807, 2.05) is 73.0 Å². The lowest BCUT2D eigenvalue weighted by molar-refractivity contribution is -0.147. The van der Waals surface area contributed by atoms with Crippen LogP contribution in [0.1, 0.15) is 30.9 Å². The van der Waals surface area contributed by atoms with E-state index in [2.05, 4.69) is 6.07 Å². The van der Waals surface area contributed by atoms with Gasteiger partial charge in [0.25, 0.3) is 0 Å². The van der Waals surface area contributed by atoms with E-state index in [-0.39, 0.29) is 18.1 Å². The van der Waals surface area contributed by atoms with E-state index in [9.17, 15) is 14.3 Å². The second-order valence-corrected chi connectivity index (χ2v) is 13.4. The van der Waals surface area contributed by atoms with Crippen LogP contribution in [0, 0.1) is 11.3 Å². The molecule has 4 aromatic rings. The van der Waals surface area contributed by atoms with E-state index in [1.165, 1.54) is 0 Å². The number of thiophene rings is 1. The SMILES string of the molecule is CCCCS(=O)CC(COCc1ccc(Cl)cc1)OC(=O)CSc1nc(-c2cccs2)cc(-c2ccccc2)c1C#N. The van der Waals surface area contributed by atoms with Crippen LogP contribution in [0.2, 0.25) is 5.02 Å². The number of halogens is 1. The van der Waals surface area contributed by atoms with Crippen molar-refractivity contribution in [3.05, 3.63) is 94.3 Å². The van der Waals surface area contributed by atoms with Crippen molar-refractivity contribution in [3.63, 3.8) is 0 Å². The third kappa shape index (κ3) is 9.51. The van der Waals surface area contributed by atoms with Gasteiger partial charge in [0.05, 0.1) is 40.9 Å². The fourth-order valence-corrected chi connectivity index (χ4v) is 7.03. The molecule has 0 N–H and O–H groups in total. The van der Waals surface area contributed by atoms with Crippen molar-refractivity contribution in [1.82, 2.24) is 4.98 Å². The fourth-order valence-electron chi connectivity index (χ4n) is 4.08. The summed E-state index contributed by atoms with van der Waals surface area (Å²) in [6.45, 7) is 2.47. The summed E-state index contributed by atoms with van der Waals surface area (Å²) in [6, 6.07) is 25.1. The highest BCUT2D eigenvalue weighted by Gasteiger charge is 2.21. The number of nitrogens with zero attached hydrogens (tertiary/aromatic N) is 2. The number of benzene rings is 2. The van der Waals surface area contributed by atoms with Crippen LogP contribution in [0.4, 0.5) is 0 Å². The van der Waals surface area contributed by atoms with Gasteiger partial charge in [0.1, 0.15) is 17.2 Å². The number of aromatic nitrogens is 1. The standard InChI is InChI=1S/C32H31ClN2O4S3/c1-2-3-16-42(37)22-26(20-38-19-23-11-13-25(33)14-12-23)39-31(36)21-41-32-28(18-34)27(24-8-5-4-6-9-24)17-29(35-32)30-10-7-15-40-30/h4-15,17,26H,2-3,16,19-22H2,1H3. The minimum atomic E-state index is -1.14. The molecule has 0 bridgehead atoms. The molecule has 2 aromatic heterocycles. The van der Waals surface area contributed by atoms with Gasteiger partial charge in [-0.3, -0.25) is 9.00 Å². The monoisotopic (exact) mass is 638 g/mol. The van der Waals surface area contributed by atoms with Crippen LogP contribution in [0.5, 0.6) is 0 Å². The molecule has 4 rings (SSSR count). The predicted octanol–water partition coefficient (Wildman–Crippen LogP) is 7.77. The molecule has 2 atom stereocenters. The third-order valence-corrected chi connectivity index (χ3v) is 9.75. The molecule has 0 aliphatic heterocycles. The van der Waals surface area contributed by atoms with Crippen LogP contribution >= 0.6 is 34.7 Å². The summed E-state index contributed by atoms with van der Waals surface area (Å²) in [5.41, 5.74) is 3.72. The van der Waals surface area contributed by atoms with Gasteiger partial charge in [-0.15, -0.1) is 11.3 Å². The Morgan fingerprint density at radius 3 is 2.62 bits per heavy atom. The van der Waals surface area contributed by atoms with Gasteiger partial charge in [0.15, 0.2) is 0 Å². The second-order valence-electron chi connectivity index (χ2n) is 9.40. The molecule has 0 saturated carbocycles. The van der Waals surface area contributed by atoms with Crippen molar-refractivity contribution in [2.24, 2.45) is 0 Å². The molecule has 0 aliphatic carbocycles. The minimum Gasteiger partial charge on any atom is -0.458 e. The maximum Gasteiger partial charge on any atom is 0.316 e. The molecule has 0 aliphatic rings. The first-order chi connectivity index (χ1) is 20.5. The first kappa shape index (κ1) is 31.9. The Morgan fingerprint density at radius 2 is 1.93 bits per heavy atom. The molecule has 42 heavy (non-hydrogen) atoms. The van der Waals surface area contributed by atoms with E-state index >= 15 is 0 Å². The Hall–Kier alpha value is -3.00. The highest BCUT2D eigenvalue weighted by molar-refractivity contribution is 8.00. The Morgan fingerprint density at radius 1 is 1.14 bits per heavy atom.